The monoisotopic (exact) mass is 327 g/mol. The van der Waals surface area contributed by atoms with Gasteiger partial charge in [0.05, 0.1) is 7.11 Å². The van der Waals surface area contributed by atoms with Crippen LogP contribution < -0.4 is 10.1 Å². The van der Waals surface area contributed by atoms with Crippen LogP contribution in [0, 0.1) is 5.82 Å². The predicted molar refractivity (Wildman–Crippen MR) is 84.7 cm³/mol. The SMILES string of the molecule is COc1ccc(C(C)NCc2cc(Cl)cc(Cl)c2)cc1F. The Morgan fingerprint density at radius 2 is 1.81 bits per heavy atom. The molecule has 0 aromatic heterocycles. The fourth-order valence-corrected chi connectivity index (χ4v) is 2.63. The predicted octanol–water partition coefficient (Wildman–Crippen LogP) is 4.99. The zero-order valence-electron chi connectivity index (χ0n) is 11.8. The molecule has 1 N–H and O–H groups in total. The third kappa shape index (κ3) is 4.34. The van der Waals surface area contributed by atoms with Crippen LogP contribution in [0.2, 0.25) is 10.0 Å². The first-order valence-corrected chi connectivity index (χ1v) is 7.27. The van der Waals surface area contributed by atoms with Gasteiger partial charge in [0.25, 0.3) is 0 Å². The Morgan fingerprint density at radius 1 is 1.14 bits per heavy atom. The lowest BCUT2D eigenvalue weighted by atomic mass is 10.1. The van der Waals surface area contributed by atoms with Gasteiger partial charge in [-0.2, -0.15) is 0 Å². The number of rotatable bonds is 5. The van der Waals surface area contributed by atoms with E-state index in [0.717, 1.165) is 11.1 Å². The second-order valence-corrected chi connectivity index (χ2v) is 5.65. The lowest BCUT2D eigenvalue weighted by Gasteiger charge is -2.15. The Kier molecular flexibility index (Phi) is 5.45. The van der Waals surface area contributed by atoms with E-state index in [4.69, 9.17) is 27.9 Å². The molecular weight excluding hydrogens is 312 g/mol. The minimum absolute atomic E-state index is 0.0110. The maximum Gasteiger partial charge on any atom is 0.165 e. The molecule has 2 nitrogen and oxygen atoms in total. The molecule has 2 rings (SSSR count). The molecule has 0 fully saturated rings. The molecule has 2 aromatic carbocycles. The highest BCUT2D eigenvalue weighted by molar-refractivity contribution is 6.34. The van der Waals surface area contributed by atoms with E-state index in [9.17, 15) is 4.39 Å². The zero-order valence-corrected chi connectivity index (χ0v) is 13.3. The lowest BCUT2D eigenvalue weighted by molar-refractivity contribution is 0.385. The van der Waals surface area contributed by atoms with Gasteiger partial charge in [0, 0.05) is 22.6 Å². The molecule has 0 saturated carbocycles. The molecule has 21 heavy (non-hydrogen) atoms. The Morgan fingerprint density at radius 3 is 2.38 bits per heavy atom. The van der Waals surface area contributed by atoms with Crippen molar-refractivity contribution in [2.75, 3.05) is 7.11 Å². The van der Waals surface area contributed by atoms with E-state index in [2.05, 4.69) is 5.32 Å². The van der Waals surface area contributed by atoms with E-state index in [1.807, 2.05) is 25.1 Å². The van der Waals surface area contributed by atoms with Gasteiger partial charge < -0.3 is 10.1 Å². The highest BCUT2D eigenvalue weighted by Crippen LogP contribution is 2.23. The molecular formula is C16H16Cl2FNO. The van der Waals surface area contributed by atoms with Gasteiger partial charge >= 0.3 is 0 Å². The van der Waals surface area contributed by atoms with Gasteiger partial charge in [0.2, 0.25) is 0 Å². The average molecular weight is 328 g/mol. The van der Waals surface area contributed by atoms with Crippen molar-refractivity contribution in [1.82, 2.24) is 5.32 Å². The fourth-order valence-electron chi connectivity index (χ4n) is 2.05. The van der Waals surface area contributed by atoms with E-state index in [1.54, 1.807) is 12.1 Å². The number of nitrogens with one attached hydrogen (secondary N) is 1. The Balaban J connectivity index is 2.04. The number of hydrogen-bond donors (Lipinski definition) is 1. The molecule has 0 aliphatic rings. The molecule has 0 aliphatic heterocycles. The normalized spacial score (nSPS) is 12.2. The van der Waals surface area contributed by atoms with E-state index in [1.165, 1.54) is 13.2 Å². The van der Waals surface area contributed by atoms with Crippen LogP contribution in [-0.2, 0) is 6.54 Å². The summed E-state index contributed by atoms with van der Waals surface area (Å²) >= 11 is 11.9. The van der Waals surface area contributed by atoms with Crippen molar-refractivity contribution in [2.45, 2.75) is 19.5 Å². The number of methoxy groups -OCH3 is 1. The highest BCUT2D eigenvalue weighted by Gasteiger charge is 2.09. The first kappa shape index (κ1) is 16.1. The Labute approximate surface area is 133 Å². The second kappa shape index (κ2) is 7.12. The topological polar surface area (TPSA) is 21.3 Å². The summed E-state index contributed by atoms with van der Waals surface area (Å²) < 4.78 is 18.6. The summed E-state index contributed by atoms with van der Waals surface area (Å²) in [6, 6.07) is 10.3. The molecule has 1 atom stereocenters. The smallest absolute Gasteiger partial charge is 0.165 e. The van der Waals surface area contributed by atoms with Gasteiger partial charge in [0.1, 0.15) is 0 Å². The second-order valence-electron chi connectivity index (χ2n) is 4.77. The number of hydrogen-bond acceptors (Lipinski definition) is 2. The van der Waals surface area contributed by atoms with E-state index in [0.29, 0.717) is 16.6 Å². The molecule has 0 spiro atoms. The van der Waals surface area contributed by atoms with Crippen LogP contribution in [0.1, 0.15) is 24.1 Å². The number of ether oxygens (including phenoxy) is 1. The van der Waals surface area contributed by atoms with Gasteiger partial charge in [-0.1, -0.05) is 29.3 Å². The molecule has 1 unspecified atom stereocenters. The quantitative estimate of drug-likeness (QED) is 0.835. The molecule has 0 bridgehead atoms. The van der Waals surface area contributed by atoms with Gasteiger partial charge in [0.15, 0.2) is 11.6 Å². The molecule has 0 amide bonds. The van der Waals surface area contributed by atoms with Crippen molar-refractivity contribution in [3.63, 3.8) is 0 Å². The third-order valence-electron chi connectivity index (χ3n) is 3.21. The molecule has 5 heteroatoms. The van der Waals surface area contributed by atoms with Crippen molar-refractivity contribution in [3.05, 3.63) is 63.4 Å². The largest absolute Gasteiger partial charge is 0.494 e. The summed E-state index contributed by atoms with van der Waals surface area (Å²) in [5.74, 6) is -0.123. The molecule has 0 radical (unpaired) electrons. The van der Waals surface area contributed by atoms with Crippen LogP contribution in [0.4, 0.5) is 4.39 Å². The van der Waals surface area contributed by atoms with Crippen LogP contribution in [0.15, 0.2) is 36.4 Å². The van der Waals surface area contributed by atoms with Gasteiger partial charge in [-0.3, -0.25) is 0 Å². The van der Waals surface area contributed by atoms with Crippen molar-refractivity contribution in [2.24, 2.45) is 0 Å². The maximum atomic E-state index is 13.7. The van der Waals surface area contributed by atoms with Crippen molar-refractivity contribution in [1.29, 1.82) is 0 Å². The molecule has 0 aliphatic carbocycles. The third-order valence-corrected chi connectivity index (χ3v) is 3.65. The summed E-state index contributed by atoms with van der Waals surface area (Å²) in [6.07, 6.45) is 0. The molecule has 0 heterocycles. The number of halogens is 3. The summed E-state index contributed by atoms with van der Waals surface area (Å²) in [7, 11) is 1.45. The van der Waals surface area contributed by atoms with Gasteiger partial charge in [-0.05, 0) is 48.4 Å². The Hall–Kier alpha value is -1.29. The average Bonchev–Trinajstić information content (AvgIpc) is 2.43. The minimum atomic E-state index is -0.366. The molecule has 112 valence electrons. The van der Waals surface area contributed by atoms with Gasteiger partial charge in [-0.25, -0.2) is 4.39 Å². The van der Waals surface area contributed by atoms with E-state index in [-0.39, 0.29) is 17.6 Å². The van der Waals surface area contributed by atoms with Crippen LogP contribution >= 0.6 is 23.2 Å². The Bertz CT molecular complexity index is 613. The van der Waals surface area contributed by atoms with Crippen molar-refractivity contribution in [3.8, 4) is 5.75 Å². The highest BCUT2D eigenvalue weighted by atomic mass is 35.5. The van der Waals surface area contributed by atoms with Crippen molar-refractivity contribution >= 4 is 23.2 Å². The standard InChI is InChI=1S/C16H16Cl2FNO/c1-10(12-3-4-16(21-2)15(19)7-12)20-9-11-5-13(17)8-14(18)6-11/h3-8,10,20H,9H2,1-2H3. The number of benzene rings is 2. The zero-order chi connectivity index (χ0) is 15.4. The van der Waals surface area contributed by atoms with Gasteiger partial charge in [-0.15, -0.1) is 0 Å². The van der Waals surface area contributed by atoms with Crippen LogP contribution in [-0.4, -0.2) is 7.11 Å². The van der Waals surface area contributed by atoms with Crippen LogP contribution in [0.25, 0.3) is 0 Å². The summed E-state index contributed by atoms with van der Waals surface area (Å²) in [6.45, 7) is 2.56. The maximum absolute atomic E-state index is 13.7. The fraction of sp³-hybridized carbons (Fsp3) is 0.250. The van der Waals surface area contributed by atoms with Crippen molar-refractivity contribution < 1.29 is 9.13 Å². The molecule has 0 saturated heterocycles. The van der Waals surface area contributed by atoms with E-state index >= 15 is 0 Å². The minimum Gasteiger partial charge on any atom is -0.494 e. The molecule has 2 aromatic rings. The summed E-state index contributed by atoms with van der Waals surface area (Å²) in [4.78, 5) is 0. The van der Waals surface area contributed by atoms with Crippen LogP contribution in [0.3, 0.4) is 0 Å². The summed E-state index contributed by atoms with van der Waals surface area (Å²) in [5.41, 5.74) is 1.83. The first-order chi connectivity index (χ1) is 9.99. The van der Waals surface area contributed by atoms with E-state index < -0.39 is 0 Å². The first-order valence-electron chi connectivity index (χ1n) is 6.51. The van der Waals surface area contributed by atoms with Crippen LogP contribution in [0.5, 0.6) is 5.75 Å². The summed E-state index contributed by atoms with van der Waals surface area (Å²) in [5, 5.41) is 4.51. The lowest BCUT2D eigenvalue weighted by Crippen LogP contribution is -2.18.